The number of nitrogens with one attached hydrogen (secondary N) is 3. The molecule has 1 aromatic rings. The van der Waals surface area contributed by atoms with E-state index in [1.165, 1.54) is 17.8 Å². The van der Waals surface area contributed by atoms with Gasteiger partial charge in [0.2, 0.25) is 5.91 Å². The molecule has 2 rings (SSSR count). The van der Waals surface area contributed by atoms with Crippen LogP contribution in [0.4, 0.5) is 0 Å². The minimum Gasteiger partial charge on any atom is -0.456 e. The third-order valence-electron chi connectivity index (χ3n) is 5.45. The number of amides is 2. The molecule has 0 saturated heterocycles. The molecular weight excluding hydrogens is 496 g/mol. The van der Waals surface area contributed by atoms with Crippen molar-refractivity contribution in [2.24, 2.45) is 5.92 Å². The molecule has 37 heavy (non-hydrogen) atoms. The van der Waals surface area contributed by atoms with Crippen LogP contribution >= 0.6 is 11.8 Å². The van der Waals surface area contributed by atoms with Crippen LogP contribution < -0.4 is 16.0 Å². The molecule has 0 radical (unpaired) electrons. The van der Waals surface area contributed by atoms with Crippen molar-refractivity contribution < 1.29 is 29.0 Å². The van der Waals surface area contributed by atoms with Crippen molar-refractivity contribution in [2.75, 3.05) is 5.75 Å². The van der Waals surface area contributed by atoms with E-state index < -0.39 is 30.3 Å². The molecule has 1 aliphatic rings. The molecule has 2 bridgehead atoms. The Hall–Kier alpha value is -3.18. The molecule has 10 nitrogen and oxygen atoms in total. The highest BCUT2D eigenvalue weighted by Crippen LogP contribution is 2.14. The molecule has 0 aromatic carbocycles. The summed E-state index contributed by atoms with van der Waals surface area (Å²) in [6, 6.07) is 3.99. The van der Waals surface area contributed by atoms with Gasteiger partial charge in [-0.15, -0.1) is 0 Å². The molecule has 0 aliphatic carbocycles. The Morgan fingerprint density at radius 2 is 2.03 bits per heavy atom. The van der Waals surface area contributed by atoms with E-state index in [9.17, 15) is 24.3 Å². The Labute approximate surface area is 221 Å². The summed E-state index contributed by atoms with van der Waals surface area (Å²) in [5.41, 5.74) is 0.840. The molecule has 0 spiro atoms. The number of cyclic esters (lactones) is 1. The average molecular weight is 533 g/mol. The Morgan fingerprint density at radius 3 is 2.70 bits per heavy atom. The van der Waals surface area contributed by atoms with E-state index in [0.29, 0.717) is 24.3 Å². The number of nitrogens with zero attached hydrogens (tertiary/aromatic N) is 1. The minimum absolute atomic E-state index is 0.0640. The van der Waals surface area contributed by atoms with Crippen molar-refractivity contribution in [3.63, 3.8) is 0 Å². The first-order valence-corrected chi connectivity index (χ1v) is 13.3. The second-order valence-corrected chi connectivity index (χ2v) is 9.90. The van der Waals surface area contributed by atoms with E-state index >= 15 is 0 Å². The normalized spacial score (nSPS) is 22.9. The number of fused-ring (bicyclic) bond motifs is 2. The number of allylic oxidation sites excluding steroid dienone is 2. The second kappa shape index (κ2) is 15.2. The van der Waals surface area contributed by atoms with Gasteiger partial charge < -0.3 is 25.8 Å². The highest BCUT2D eigenvalue weighted by atomic mass is 32.2. The van der Waals surface area contributed by atoms with Crippen molar-refractivity contribution in [3.8, 4) is 0 Å². The van der Waals surface area contributed by atoms with Crippen molar-refractivity contribution in [2.45, 2.75) is 71.9 Å². The smallest absolute Gasteiger partial charge is 0.329 e. The molecule has 4 N–H and O–H groups in total. The lowest BCUT2D eigenvalue weighted by atomic mass is 10.0. The van der Waals surface area contributed by atoms with E-state index in [2.05, 4.69) is 20.9 Å². The zero-order valence-corrected chi connectivity index (χ0v) is 22.5. The lowest BCUT2D eigenvalue weighted by Crippen LogP contribution is -2.48. The van der Waals surface area contributed by atoms with Crippen LogP contribution in [0.3, 0.4) is 0 Å². The van der Waals surface area contributed by atoms with E-state index in [0.717, 1.165) is 0 Å². The van der Waals surface area contributed by atoms with Gasteiger partial charge in [-0.05, 0) is 37.5 Å². The summed E-state index contributed by atoms with van der Waals surface area (Å²) in [7, 11) is 0. The zero-order chi connectivity index (χ0) is 27.4. The van der Waals surface area contributed by atoms with Crippen molar-refractivity contribution in [1.82, 2.24) is 20.9 Å². The molecular formula is C26H36N4O6S. The zero-order valence-electron chi connectivity index (χ0n) is 21.7. The van der Waals surface area contributed by atoms with Crippen LogP contribution in [-0.2, 0) is 30.5 Å². The molecule has 202 valence electrons. The first-order valence-electron chi connectivity index (χ1n) is 12.3. The maximum Gasteiger partial charge on any atom is 0.329 e. The molecule has 1 aliphatic heterocycles. The number of hydrogen-bond donors (Lipinski definition) is 4. The van der Waals surface area contributed by atoms with Gasteiger partial charge >= 0.3 is 5.97 Å². The SMILES string of the molecule is C/C=C1\NC(O)c2cccc(n2)CNC(=O)C[C@@H](/C=C/CCSC(=O)CC)OC(=O)[C@H](C(C)C)NC1=O. The lowest BCUT2D eigenvalue weighted by molar-refractivity contribution is -0.153. The molecule has 1 unspecified atom stereocenters. The van der Waals surface area contributed by atoms with Gasteiger partial charge in [0.25, 0.3) is 5.91 Å². The molecule has 0 saturated carbocycles. The highest BCUT2D eigenvalue weighted by Gasteiger charge is 2.30. The Bertz CT molecular complexity index is 1030. The number of hydrogen-bond acceptors (Lipinski definition) is 9. The molecule has 2 amide bonds. The predicted octanol–water partition coefficient (Wildman–Crippen LogP) is 2.25. The number of aliphatic hydroxyl groups is 1. The van der Waals surface area contributed by atoms with Crippen LogP contribution in [0, 0.1) is 5.92 Å². The number of carbonyl (C=O) groups excluding carboxylic acids is 4. The number of esters is 1. The fourth-order valence-corrected chi connectivity index (χ4v) is 4.06. The number of pyridine rings is 1. The number of thioether (sulfide) groups is 1. The number of ether oxygens (including phenoxy) is 1. The summed E-state index contributed by atoms with van der Waals surface area (Å²) in [5.74, 6) is -1.38. The summed E-state index contributed by atoms with van der Waals surface area (Å²) in [5, 5.41) is 18.8. The third-order valence-corrected chi connectivity index (χ3v) is 6.50. The van der Waals surface area contributed by atoms with Crippen LogP contribution in [0.15, 0.2) is 42.1 Å². The fourth-order valence-electron chi connectivity index (χ4n) is 3.37. The van der Waals surface area contributed by atoms with Crippen molar-refractivity contribution >= 4 is 34.7 Å². The number of aromatic nitrogens is 1. The van der Waals surface area contributed by atoms with E-state index in [-0.39, 0.29) is 41.3 Å². The van der Waals surface area contributed by atoms with Crippen LogP contribution in [0.5, 0.6) is 0 Å². The van der Waals surface area contributed by atoms with Gasteiger partial charge in [0, 0.05) is 12.2 Å². The van der Waals surface area contributed by atoms with Crippen molar-refractivity contribution in [3.05, 3.63) is 53.5 Å². The Kier molecular flexibility index (Phi) is 12.3. The molecule has 3 atom stereocenters. The largest absolute Gasteiger partial charge is 0.456 e. The quantitative estimate of drug-likeness (QED) is 0.187. The van der Waals surface area contributed by atoms with Gasteiger partial charge in [0.15, 0.2) is 11.3 Å². The topological polar surface area (TPSA) is 147 Å². The van der Waals surface area contributed by atoms with E-state index in [4.69, 9.17) is 4.74 Å². The minimum atomic E-state index is -1.29. The lowest BCUT2D eigenvalue weighted by Gasteiger charge is -2.25. The average Bonchev–Trinajstić information content (AvgIpc) is 2.87. The van der Waals surface area contributed by atoms with Gasteiger partial charge in [0.05, 0.1) is 30.1 Å². The Balaban J connectivity index is 2.30. The molecule has 2 heterocycles. The summed E-state index contributed by atoms with van der Waals surface area (Å²) < 4.78 is 5.65. The van der Waals surface area contributed by atoms with E-state index in [1.54, 1.807) is 58.0 Å². The molecule has 11 heteroatoms. The Morgan fingerprint density at radius 1 is 1.27 bits per heavy atom. The number of carbonyl (C=O) groups is 4. The van der Waals surface area contributed by atoms with Crippen molar-refractivity contribution in [1.29, 1.82) is 0 Å². The van der Waals surface area contributed by atoms with Crippen LogP contribution in [0.2, 0.25) is 0 Å². The first kappa shape index (κ1) is 30.0. The summed E-state index contributed by atoms with van der Waals surface area (Å²) >= 11 is 1.23. The standard InChI is InChI=1S/C26H36N4O6S/c1-5-19-24(33)30-23(16(3)4)26(35)36-18(11-7-8-13-37-22(32)6-2)14-21(31)27-15-17-10-9-12-20(28-17)25(34)29-19/h5,7,9-12,16,18,23,25,29,34H,6,8,13-15H2,1-4H3,(H,27,31)(H,30,33)/b11-7+,19-5-/t18-,23+,25?/m1/s1. The first-order chi connectivity index (χ1) is 17.6. The second-order valence-electron chi connectivity index (χ2n) is 8.75. The summed E-state index contributed by atoms with van der Waals surface area (Å²) in [6.07, 6.45) is 3.62. The van der Waals surface area contributed by atoms with Gasteiger partial charge in [-0.1, -0.05) is 50.8 Å². The van der Waals surface area contributed by atoms with Crippen LogP contribution in [0.1, 0.15) is 64.6 Å². The maximum atomic E-state index is 13.1. The number of rotatable bonds is 6. The predicted molar refractivity (Wildman–Crippen MR) is 141 cm³/mol. The van der Waals surface area contributed by atoms with Gasteiger partial charge in [0.1, 0.15) is 12.1 Å². The molecule has 0 fully saturated rings. The molecule has 1 aromatic heterocycles. The van der Waals surface area contributed by atoms with Gasteiger partial charge in [-0.3, -0.25) is 19.4 Å². The van der Waals surface area contributed by atoms with E-state index in [1.807, 2.05) is 0 Å². The highest BCUT2D eigenvalue weighted by molar-refractivity contribution is 8.13. The maximum absolute atomic E-state index is 13.1. The monoisotopic (exact) mass is 532 g/mol. The summed E-state index contributed by atoms with van der Waals surface area (Å²) in [4.78, 5) is 54.5. The van der Waals surface area contributed by atoms with Crippen LogP contribution in [0.25, 0.3) is 0 Å². The van der Waals surface area contributed by atoms with Gasteiger partial charge in [-0.2, -0.15) is 0 Å². The number of aliphatic hydroxyl groups excluding tert-OH is 1. The fraction of sp³-hybridized carbons (Fsp3) is 0.500. The third kappa shape index (κ3) is 10.0. The van der Waals surface area contributed by atoms with Crippen LogP contribution in [-0.4, -0.2) is 50.9 Å². The van der Waals surface area contributed by atoms with Gasteiger partial charge in [-0.25, -0.2) is 4.79 Å². The summed E-state index contributed by atoms with van der Waals surface area (Å²) in [6.45, 7) is 7.05.